The van der Waals surface area contributed by atoms with Crippen LogP contribution in [0.25, 0.3) is 10.8 Å². The Bertz CT molecular complexity index is 1430. The van der Waals surface area contributed by atoms with Crippen molar-refractivity contribution in [3.63, 3.8) is 0 Å². The van der Waals surface area contributed by atoms with Gasteiger partial charge in [0.1, 0.15) is 0 Å². The summed E-state index contributed by atoms with van der Waals surface area (Å²) in [6.07, 6.45) is -4.35. The van der Waals surface area contributed by atoms with E-state index >= 15 is 0 Å². The Kier molecular flexibility index (Phi) is 6.40. The highest BCUT2D eigenvalue weighted by molar-refractivity contribution is 6.02. The molecular weight excluding hydrogens is 489 g/mol. The van der Waals surface area contributed by atoms with E-state index in [-0.39, 0.29) is 10.8 Å². The minimum atomic E-state index is -4.35. The number of benzene rings is 3. The van der Waals surface area contributed by atoms with E-state index in [1.807, 2.05) is 20.8 Å². The molecule has 3 aromatic rings. The second-order valence-corrected chi connectivity index (χ2v) is 8.35. The zero-order valence-electron chi connectivity index (χ0n) is 18.9. The van der Waals surface area contributed by atoms with E-state index in [0.717, 1.165) is 11.3 Å². The van der Waals surface area contributed by atoms with Crippen LogP contribution in [-0.2, 0) is 11.6 Å². The highest BCUT2D eigenvalue weighted by atomic mass is 19.4. The van der Waals surface area contributed by atoms with Crippen molar-refractivity contribution in [2.24, 2.45) is 0 Å². The van der Waals surface area contributed by atoms with E-state index in [1.165, 1.54) is 6.07 Å². The van der Waals surface area contributed by atoms with Gasteiger partial charge in [-0.1, -0.05) is 24.3 Å². The van der Waals surface area contributed by atoms with Gasteiger partial charge < -0.3 is 5.11 Å². The van der Waals surface area contributed by atoms with Crippen molar-refractivity contribution in [2.75, 3.05) is 0 Å². The monoisotopic (exact) mass is 506 g/mol. The second kappa shape index (κ2) is 8.87. The molecule has 11 nitrogen and oxygen atoms in total. The Labute approximate surface area is 200 Å². The van der Waals surface area contributed by atoms with Crippen molar-refractivity contribution in [2.45, 2.75) is 32.4 Å². The molecule has 1 aliphatic heterocycles. The first-order valence-electron chi connectivity index (χ1n) is 10.1. The highest BCUT2D eigenvalue weighted by Gasteiger charge is 2.43. The van der Waals surface area contributed by atoms with Crippen molar-refractivity contribution in [3.05, 3.63) is 83.9 Å². The summed E-state index contributed by atoms with van der Waals surface area (Å²) in [5, 5.41) is 43.0. The summed E-state index contributed by atoms with van der Waals surface area (Å²) < 4.78 is 39.7. The molecule has 1 N–H and O–H groups in total. The molecule has 4 rings (SSSR count). The van der Waals surface area contributed by atoms with Gasteiger partial charge in [-0.3, -0.25) is 30.3 Å². The second-order valence-electron chi connectivity index (χ2n) is 8.35. The Hall–Kier alpha value is -4.62. The average molecular weight is 506 g/mol. The highest BCUT2D eigenvalue weighted by Crippen LogP contribution is 2.43. The molecule has 36 heavy (non-hydrogen) atoms. The molecule has 3 aromatic carbocycles. The van der Waals surface area contributed by atoms with E-state index in [9.17, 15) is 48.6 Å². The number of hydrogen-bond acceptors (Lipinski definition) is 7. The maximum Gasteiger partial charge on any atom is 0.417 e. The molecule has 0 unspecified atom stereocenters. The van der Waals surface area contributed by atoms with Gasteiger partial charge in [-0.2, -0.15) is 13.2 Å². The van der Waals surface area contributed by atoms with Crippen molar-refractivity contribution in [1.29, 1.82) is 0 Å². The number of nitro groups is 3. The zero-order chi connectivity index (χ0) is 27.2. The summed E-state index contributed by atoms with van der Waals surface area (Å²) in [5.74, 6) is -1.46. The van der Waals surface area contributed by atoms with Gasteiger partial charge in [-0.25, -0.2) is 4.99 Å². The summed E-state index contributed by atoms with van der Waals surface area (Å²) in [6.45, 7) is 5.98. The van der Waals surface area contributed by atoms with Crippen LogP contribution >= 0.6 is 0 Å². The first kappa shape index (κ1) is 26.0. The number of fused-ring (bicyclic) bond motifs is 3. The Morgan fingerprint density at radius 2 is 1.36 bits per heavy atom. The molecule has 0 saturated heterocycles. The van der Waals surface area contributed by atoms with Crippen LogP contribution in [0.15, 0.2) is 42.5 Å². The van der Waals surface area contributed by atoms with Crippen LogP contribution in [-0.4, -0.2) is 20.5 Å². The lowest BCUT2D eigenvalue weighted by molar-refractivity contribution is -0.420. The normalized spacial score (nSPS) is 13.9. The summed E-state index contributed by atoms with van der Waals surface area (Å²) in [5.41, 5.74) is -1.64. The first-order valence-corrected chi connectivity index (χ1v) is 10.1. The molecule has 14 heteroatoms. The third kappa shape index (κ3) is 4.52. The minimum Gasteiger partial charge on any atom is -0.863 e. The number of non-ortho nitro benzene ring substituents is 1. The number of hydrogen-bond donors (Lipinski definition) is 1. The van der Waals surface area contributed by atoms with Crippen LogP contribution < -0.4 is 10.1 Å². The van der Waals surface area contributed by atoms with Gasteiger partial charge in [-0.05, 0) is 24.6 Å². The van der Waals surface area contributed by atoms with Gasteiger partial charge in [0.25, 0.3) is 17.1 Å². The number of nitro benzene ring substituents is 3. The fourth-order valence-electron chi connectivity index (χ4n) is 3.89. The van der Waals surface area contributed by atoms with Crippen LogP contribution in [0.4, 0.5) is 35.9 Å². The molecule has 0 spiro atoms. The van der Waals surface area contributed by atoms with E-state index in [1.54, 1.807) is 24.3 Å². The number of halogens is 3. The van der Waals surface area contributed by atoms with Crippen LogP contribution in [0.2, 0.25) is 0 Å². The summed E-state index contributed by atoms with van der Waals surface area (Å²) >= 11 is 0. The minimum absolute atomic E-state index is 0.267. The molecular formula is C22H17F3N4O7. The molecule has 0 amide bonds. The van der Waals surface area contributed by atoms with Gasteiger partial charge in [0, 0.05) is 18.6 Å². The van der Waals surface area contributed by atoms with Gasteiger partial charge >= 0.3 is 6.18 Å². The lowest BCUT2D eigenvalue weighted by Crippen LogP contribution is -2.64. The van der Waals surface area contributed by atoms with Gasteiger partial charge in [0.05, 0.1) is 43.6 Å². The number of alkyl halides is 3. The molecule has 0 bridgehead atoms. The number of rotatable bonds is 3. The quantitative estimate of drug-likeness (QED) is 0.416. The topological polar surface area (TPSA) is 166 Å². The standard InChI is InChI=1S/C16H14F3N.C6H3N3O7/c1-9-15(2,3)14-11-7-5-4-6-10(11)12(16(17,18)19)8-13(14)20-9;10-6-4(8(13)14)1-3(7(11)12)2-5(6)9(15)16/h4-8H,1-3H3;1-2,10H. The van der Waals surface area contributed by atoms with E-state index in [2.05, 4.69) is 4.99 Å². The number of nitrogens with zero attached hydrogens (tertiary/aromatic N) is 3. The first-order chi connectivity index (χ1) is 16.6. The maximum atomic E-state index is 13.2. The molecule has 0 fully saturated rings. The van der Waals surface area contributed by atoms with Gasteiger partial charge in [0.15, 0.2) is 5.71 Å². The summed E-state index contributed by atoms with van der Waals surface area (Å²) in [6, 6.07) is 8.75. The average Bonchev–Trinajstić information content (AvgIpc) is 3.00. The Balaban J connectivity index is 0.000000207. The largest absolute Gasteiger partial charge is 0.863 e. The van der Waals surface area contributed by atoms with Crippen LogP contribution in [0.1, 0.15) is 31.9 Å². The third-order valence-corrected chi connectivity index (χ3v) is 5.87. The maximum absolute atomic E-state index is 13.2. The molecule has 1 heterocycles. The lowest BCUT2D eigenvalue weighted by atomic mass is 9.79. The van der Waals surface area contributed by atoms with Gasteiger partial charge in [-0.15, -0.1) is 0 Å². The molecule has 0 radical (unpaired) electrons. The molecule has 0 aromatic heterocycles. The van der Waals surface area contributed by atoms with Crippen LogP contribution in [0.5, 0.6) is 5.75 Å². The summed E-state index contributed by atoms with van der Waals surface area (Å²) in [7, 11) is 0. The van der Waals surface area contributed by atoms with Gasteiger partial charge in [0.2, 0.25) is 5.69 Å². The van der Waals surface area contributed by atoms with Crippen molar-refractivity contribution < 1.29 is 38.0 Å². The van der Waals surface area contributed by atoms with Crippen LogP contribution in [0.3, 0.4) is 0 Å². The molecule has 1 aliphatic rings. The molecule has 0 atom stereocenters. The Morgan fingerprint density at radius 3 is 1.81 bits per heavy atom. The number of nitrogens with one attached hydrogen (secondary N) is 1. The predicted octanol–water partition coefficient (Wildman–Crippen LogP) is 3.81. The van der Waals surface area contributed by atoms with Crippen molar-refractivity contribution >= 4 is 39.2 Å². The molecule has 188 valence electrons. The lowest BCUT2D eigenvalue weighted by Gasteiger charge is -2.19. The third-order valence-electron chi connectivity index (χ3n) is 5.87. The molecule has 0 aliphatic carbocycles. The van der Waals surface area contributed by atoms with Crippen molar-refractivity contribution in [3.8, 4) is 5.75 Å². The fourth-order valence-corrected chi connectivity index (χ4v) is 3.89. The van der Waals surface area contributed by atoms with E-state index in [0.29, 0.717) is 23.2 Å². The predicted molar refractivity (Wildman–Crippen MR) is 119 cm³/mol. The van der Waals surface area contributed by atoms with E-state index < -0.39 is 49.3 Å². The molecule has 0 saturated carbocycles. The van der Waals surface area contributed by atoms with E-state index in [4.69, 9.17) is 0 Å². The van der Waals surface area contributed by atoms with Crippen molar-refractivity contribution in [1.82, 2.24) is 0 Å². The summed E-state index contributed by atoms with van der Waals surface area (Å²) in [4.78, 5) is 30.6. The zero-order valence-corrected chi connectivity index (χ0v) is 18.9. The SMILES string of the molecule is CC1=[NH+]c2cc(C(F)(F)F)c3ccccc3c2C1(C)C.O=[N+]([O-])c1cc([N+](=O)[O-])c([O-])c([N+](=O)[O-])c1. The smallest absolute Gasteiger partial charge is 0.417 e. The van der Waals surface area contributed by atoms with Crippen LogP contribution in [0, 0.1) is 30.3 Å². The Morgan fingerprint density at radius 1 is 0.861 bits per heavy atom. The fraction of sp³-hybridized carbons (Fsp3) is 0.227.